The standard InChI is InChI=1S/C25H24ClN3O3/c26-19-12-10-18(11-13-19)15-27-25(31)14-24-28-22-8-4-5-9-23(22)29(24)16-20(30)17-32-21-6-2-1-3-7-21/h1-13,20,30H,14-17H2,(H,27,31). The van der Waals surface area contributed by atoms with E-state index in [2.05, 4.69) is 10.3 Å². The summed E-state index contributed by atoms with van der Waals surface area (Å²) in [6.07, 6.45) is -0.655. The van der Waals surface area contributed by atoms with Crippen molar-refractivity contribution in [1.82, 2.24) is 14.9 Å². The SMILES string of the molecule is O=C(Cc1nc2ccccc2n1CC(O)COc1ccccc1)NCc1ccc(Cl)cc1. The fourth-order valence-electron chi connectivity index (χ4n) is 3.45. The van der Waals surface area contributed by atoms with Crippen LogP contribution in [0.15, 0.2) is 78.9 Å². The summed E-state index contributed by atoms with van der Waals surface area (Å²) in [4.78, 5) is 17.2. The Bertz CT molecular complexity index is 1180. The summed E-state index contributed by atoms with van der Waals surface area (Å²) < 4.78 is 7.56. The number of aromatic nitrogens is 2. The molecule has 0 aliphatic heterocycles. The zero-order chi connectivity index (χ0) is 22.3. The van der Waals surface area contributed by atoms with Crippen LogP contribution in [0.5, 0.6) is 5.75 Å². The molecule has 1 unspecified atom stereocenters. The summed E-state index contributed by atoms with van der Waals surface area (Å²) in [5.41, 5.74) is 2.61. The van der Waals surface area contributed by atoms with E-state index in [1.807, 2.05) is 71.3 Å². The first-order valence-corrected chi connectivity index (χ1v) is 10.8. The Kier molecular flexibility index (Phi) is 7.04. The lowest BCUT2D eigenvalue weighted by atomic mass is 10.2. The summed E-state index contributed by atoms with van der Waals surface area (Å²) in [5.74, 6) is 1.15. The number of aliphatic hydroxyl groups excluding tert-OH is 1. The lowest BCUT2D eigenvalue weighted by Crippen LogP contribution is -2.28. The van der Waals surface area contributed by atoms with E-state index in [9.17, 15) is 9.90 Å². The number of ether oxygens (including phenoxy) is 1. The van der Waals surface area contributed by atoms with Gasteiger partial charge in [0.2, 0.25) is 5.91 Å². The maximum atomic E-state index is 12.6. The van der Waals surface area contributed by atoms with E-state index in [1.165, 1.54) is 0 Å². The zero-order valence-corrected chi connectivity index (χ0v) is 18.2. The number of aliphatic hydroxyl groups is 1. The van der Waals surface area contributed by atoms with Gasteiger partial charge in [-0.1, -0.05) is 54.1 Å². The molecule has 2 N–H and O–H groups in total. The minimum absolute atomic E-state index is 0.106. The lowest BCUT2D eigenvalue weighted by molar-refractivity contribution is -0.120. The number of benzene rings is 3. The molecule has 0 fully saturated rings. The molecule has 0 aliphatic carbocycles. The number of nitrogens with zero attached hydrogens (tertiary/aromatic N) is 2. The molecule has 1 aromatic heterocycles. The highest BCUT2D eigenvalue weighted by Crippen LogP contribution is 2.18. The highest BCUT2D eigenvalue weighted by Gasteiger charge is 2.17. The fourth-order valence-corrected chi connectivity index (χ4v) is 3.57. The summed E-state index contributed by atoms with van der Waals surface area (Å²) in [5, 5.41) is 14.2. The zero-order valence-electron chi connectivity index (χ0n) is 17.4. The largest absolute Gasteiger partial charge is 0.491 e. The number of amides is 1. The summed E-state index contributed by atoms with van der Waals surface area (Å²) in [7, 11) is 0. The van der Waals surface area contributed by atoms with Crippen LogP contribution in [0.4, 0.5) is 0 Å². The van der Waals surface area contributed by atoms with Gasteiger partial charge in [-0.05, 0) is 42.0 Å². The first-order valence-electron chi connectivity index (χ1n) is 10.4. The smallest absolute Gasteiger partial charge is 0.227 e. The number of hydrogen-bond donors (Lipinski definition) is 2. The molecule has 0 bridgehead atoms. The van der Waals surface area contributed by atoms with Crippen LogP contribution in [0, 0.1) is 0 Å². The van der Waals surface area contributed by atoms with Gasteiger partial charge in [-0.25, -0.2) is 4.98 Å². The number of halogens is 1. The van der Waals surface area contributed by atoms with Crippen LogP contribution in [0.2, 0.25) is 5.02 Å². The number of imidazole rings is 1. The van der Waals surface area contributed by atoms with Crippen LogP contribution in [0.25, 0.3) is 11.0 Å². The normalized spacial score (nSPS) is 11.9. The molecule has 0 saturated heterocycles. The molecule has 7 heteroatoms. The molecule has 3 aromatic carbocycles. The molecule has 4 aromatic rings. The Labute approximate surface area is 191 Å². The van der Waals surface area contributed by atoms with Crippen molar-refractivity contribution in [2.45, 2.75) is 25.6 Å². The molecule has 0 radical (unpaired) electrons. The molecule has 0 saturated carbocycles. The van der Waals surface area contributed by atoms with Crippen molar-refractivity contribution < 1.29 is 14.6 Å². The Morgan fingerprint density at radius 2 is 1.75 bits per heavy atom. The van der Waals surface area contributed by atoms with E-state index in [0.29, 0.717) is 23.1 Å². The van der Waals surface area contributed by atoms with Crippen molar-refractivity contribution in [3.63, 3.8) is 0 Å². The maximum Gasteiger partial charge on any atom is 0.227 e. The van der Waals surface area contributed by atoms with Gasteiger partial charge in [-0.2, -0.15) is 0 Å². The number of carbonyl (C=O) groups excluding carboxylic acids is 1. The van der Waals surface area contributed by atoms with Crippen LogP contribution in [-0.2, 0) is 24.3 Å². The highest BCUT2D eigenvalue weighted by atomic mass is 35.5. The van der Waals surface area contributed by atoms with Gasteiger partial charge < -0.3 is 19.7 Å². The van der Waals surface area contributed by atoms with Crippen LogP contribution in [0.3, 0.4) is 0 Å². The quantitative estimate of drug-likeness (QED) is 0.405. The Hall–Kier alpha value is -3.35. The van der Waals surface area contributed by atoms with E-state index >= 15 is 0 Å². The predicted octanol–water partition coefficient (Wildman–Crippen LogP) is 3.99. The average molecular weight is 450 g/mol. The molecule has 0 aliphatic rings. The van der Waals surface area contributed by atoms with Crippen molar-refractivity contribution in [1.29, 1.82) is 0 Å². The van der Waals surface area contributed by atoms with E-state index in [-0.39, 0.29) is 25.5 Å². The maximum absolute atomic E-state index is 12.6. The summed E-state index contributed by atoms with van der Waals surface area (Å²) in [6.45, 7) is 0.815. The average Bonchev–Trinajstić information content (AvgIpc) is 3.15. The van der Waals surface area contributed by atoms with E-state index in [4.69, 9.17) is 16.3 Å². The van der Waals surface area contributed by atoms with Crippen molar-refractivity contribution in [2.75, 3.05) is 6.61 Å². The van der Waals surface area contributed by atoms with Crippen LogP contribution >= 0.6 is 11.6 Å². The Morgan fingerprint density at radius 3 is 2.53 bits per heavy atom. The van der Waals surface area contributed by atoms with E-state index in [0.717, 1.165) is 16.6 Å². The molecule has 0 spiro atoms. The monoisotopic (exact) mass is 449 g/mol. The number of hydrogen-bond acceptors (Lipinski definition) is 4. The number of carbonyl (C=O) groups is 1. The van der Waals surface area contributed by atoms with Crippen LogP contribution < -0.4 is 10.1 Å². The third kappa shape index (κ3) is 5.66. The van der Waals surface area contributed by atoms with Gasteiger partial charge in [0.15, 0.2) is 0 Å². The topological polar surface area (TPSA) is 76.4 Å². The molecular weight excluding hydrogens is 426 g/mol. The molecule has 1 atom stereocenters. The van der Waals surface area contributed by atoms with Gasteiger partial charge in [0.25, 0.3) is 0 Å². The van der Waals surface area contributed by atoms with Crippen molar-refractivity contribution in [3.8, 4) is 5.75 Å². The van der Waals surface area contributed by atoms with Crippen molar-refractivity contribution in [2.24, 2.45) is 0 Å². The number of nitrogens with one attached hydrogen (secondary N) is 1. The van der Waals surface area contributed by atoms with E-state index in [1.54, 1.807) is 12.1 Å². The highest BCUT2D eigenvalue weighted by molar-refractivity contribution is 6.30. The number of fused-ring (bicyclic) bond motifs is 1. The first kappa shape index (κ1) is 21.9. The second-order valence-corrected chi connectivity index (χ2v) is 7.92. The van der Waals surface area contributed by atoms with Crippen molar-refractivity contribution in [3.05, 3.63) is 95.3 Å². The summed E-state index contributed by atoms with van der Waals surface area (Å²) in [6, 6.07) is 24.3. The van der Waals surface area contributed by atoms with Gasteiger partial charge in [0.1, 0.15) is 24.3 Å². The molecule has 1 heterocycles. The number of para-hydroxylation sites is 3. The predicted molar refractivity (Wildman–Crippen MR) is 125 cm³/mol. The fraction of sp³-hybridized carbons (Fsp3) is 0.200. The Morgan fingerprint density at radius 1 is 1.03 bits per heavy atom. The molecule has 1 amide bonds. The molecule has 164 valence electrons. The Balaban J connectivity index is 1.43. The van der Waals surface area contributed by atoms with Gasteiger partial charge in [0.05, 0.1) is 24.0 Å². The van der Waals surface area contributed by atoms with E-state index < -0.39 is 6.10 Å². The van der Waals surface area contributed by atoms with Gasteiger partial charge in [0, 0.05) is 11.6 Å². The van der Waals surface area contributed by atoms with Crippen molar-refractivity contribution >= 4 is 28.5 Å². The number of rotatable bonds is 9. The van der Waals surface area contributed by atoms with Gasteiger partial charge >= 0.3 is 0 Å². The third-order valence-corrected chi connectivity index (χ3v) is 5.29. The molecule has 6 nitrogen and oxygen atoms in total. The minimum atomic E-state index is -0.760. The van der Waals surface area contributed by atoms with Crippen LogP contribution in [0.1, 0.15) is 11.4 Å². The van der Waals surface area contributed by atoms with Gasteiger partial charge in [-0.3, -0.25) is 4.79 Å². The molecule has 4 rings (SSSR count). The second-order valence-electron chi connectivity index (χ2n) is 7.49. The lowest BCUT2D eigenvalue weighted by Gasteiger charge is -2.16. The minimum Gasteiger partial charge on any atom is -0.491 e. The van der Waals surface area contributed by atoms with Crippen LogP contribution in [-0.4, -0.2) is 33.3 Å². The molecular formula is C25H24ClN3O3. The third-order valence-electron chi connectivity index (χ3n) is 5.03. The van der Waals surface area contributed by atoms with Gasteiger partial charge in [-0.15, -0.1) is 0 Å². The summed E-state index contributed by atoms with van der Waals surface area (Å²) >= 11 is 5.91. The first-order chi connectivity index (χ1) is 15.6. The molecule has 32 heavy (non-hydrogen) atoms. The second kappa shape index (κ2) is 10.3.